The standard InChI is InChI=1S/C28H22/c1-3-11-21-19(8-1)10-7-15-23(21)28-18-27-22-12-4-2-9-20(22)16-17-26(27)24-13-5-6-14-25(24)28/h1,3,5-8,10-11,13-18H,2,4,9,12H2. The van der Waals surface area contributed by atoms with E-state index in [4.69, 9.17) is 0 Å². The topological polar surface area (TPSA) is 0 Å². The van der Waals surface area contributed by atoms with Crippen LogP contribution in [0.5, 0.6) is 0 Å². The number of benzene rings is 5. The van der Waals surface area contributed by atoms with Gasteiger partial charge >= 0.3 is 0 Å². The van der Waals surface area contributed by atoms with Crippen LogP contribution >= 0.6 is 0 Å². The van der Waals surface area contributed by atoms with Gasteiger partial charge < -0.3 is 0 Å². The lowest BCUT2D eigenvalue weighted by atomic mass is 9.84. The summed E-state index contributed by atoms with van der Waals surface area (Å²) in [5.41, 5.74) is 5.83. The van der Waals surface area contributed by atoms with E-state index in [1.54, 1.807) is 11.1 Å². The zero-order valence-corrected chi connectivity index (χ0v) is 15.9. The lowest BCUT2D eigenvalue weighted by molar-refractivity contribution is 0.690. The van der Waals surface area contributed by atoms with Gasteiger partial charge in [-0.05, 0) is 86.3 Å². The summed E-state index contributed by atoms with van der Waals surface area (Å²) in [7, 11) is 0. The number of fused-ring (bicyclic) bond motifs is 6. The Morgan fingerprint density at radius 3 is 2.11 bits per heavy atom. The highest BCUT2D eigenvalue weighted by atomic mass is 14.2. The summed E-state index contributed by atoms with van der Waals surface area (Å²) in [5, 5.41) is 8.22. The van der Waals surface area contributed by atoms with Crippen LogP contribution in [0.3, 0.4) is 0 Å². The summed E-state index contributed by atoms with van der Waals surface area (Å²) in [4.78, 5) is 0. The van der Waals surface area contributed by atoms with Crippen LogP contribution in [0.15, 0.2) is 84.9 Å². The molecule has 6 rings (SSSR count). The Labute approximate surface area is 165 Å². The maximum absolute atomic E-state index is 2.48. The molecule has 0 nitrogen and oxygen atoms in total. The second-order valence-electron chi connectivity index (χ2n) is 8.00. The van der Waals surface area contributed by atoms with E-state index in [0.717, 1.165) is 0 Å². The van der Waals surface area contributed by atoms with E-state index in [1.807, 2.05) is 0 Å². The van der Waals surface area contributed by atoms with Crippen LogP contribution in [-0.2, 0) is 12.8 Å². The minimum Gasteiger partial charge on any atom is -0.0616 e. The summed E-state index contributed by atoms with van der Waals surface area (Å²) < 4.78 is 0. The molecule has 0 N–H and O–H groups in total. The van der Waals surface area contributed by atoms with Gasteiger partial charge in [0, 0.05) is 0 Å². The summed E-state index contributed by atoms with van der Waals surface area (Å²) >= 11 is 0. The molecule has 0 aromatic heterocycles. The molecule has 0 heteroatoms. The van der Waals surface area contributed by atoms with Crippen molar-refractivity contribution in [3.63, 3.8) is 0 Å². The lowest BCUT2D eigenvalue weighted by Gasteiger charge is -2.20. The fraction of sp³-hybridized carbons (Fsp3) is 0.143. The highest BCUT2D eigenvalue weighted by molar-refractivity contribution is 6.17. The summed E-state index contributed by atoms with van der Waals surface area (Å²) in [6, 6.07) is 31.6. The Morgan fingerprint density at radius 2 is 1.18 bits per heavy atom. The Bertz CT molecular complexity index is 1350. The SMILES string of the molecule is c1ccc2c(-c3cc4c5c(ccc4c4ccccc34)CCCC5)cccc2c1. The summed E-state index contributed by atoms with van der Waals surface area (Å²) in [5.74, 6) is 0. The molecule has 0 bridgehead atoms. The zero-order valence-electron chi connectivity index (χ0n) is 15.9. The first-order valence-corrected chi connectivity index (χ1v) is 10.3. The van der Waals surface area contributed by atoms with Gasteiger partial charge in [0.15, 0.2) is 0 Å². The molecule has 0 atom stereocenters. The van der Waals surface area contributed by atoms with Crippen LogP contribution in [0.4, 0.5) is 0 Å². The molecule has 0 amide bonds. The van der Waals surface area contributed by atoms with Crippen molar-refractivity contribution in [2.24, 2.45) is 0 Å². The molecule has 0 saturated heterocycles. The average molecular weight is 358 g/mol. The van der Waals surface area contributed by atoms with Crippen LogP contribution in [0, 0.1) is 0 Å². The average Bonchev–Trinajstić information content (AvgIpc) is 2.78. The molecule has 0 spiro atoms. The monoisotopic (exact) mass is 358 g/mol. The van der Waals surface area contributed by atoms with Crippen molar-refractivity contribution in [2.45, 2.75) is 25.7 Å². The molecular weight excluding hydrogens is 336 g/mol. The zero-order chi connectivity index (χ0) is 18.5. The molecule has 5 aromatic rings. The predicted octanol–water partition coefficient (Wildman–Crippen LogP) is 7.69. The summed E-state index contributed by atoms with van der Waals surface area (Å²) in [6.45, 7) is 0. The third kappa shape index (κ3) is 2.31. The molecule has 0 unspecified atom stereocenters. The molecule has 0 saturated carbocycles. The van der Waals surface area contributed by atoms with Crippen LogP contribution in [-0.4, -0.2) is 0 Å². The molecule has 0 aliphatic heterocycles. The number of rotatable bonds is 1. The quantitative estimate of drug-likeness (QED) is 0.269. The van der Waals surface area contributed by atoms with E-state index in [2.05, 4.69) is 84.9 Å². The van der Waals surface area contributed by atoms with Crippen molar-refractivity contribution in [3.8, 4) is 11.1 Å². The Morgan fingerprint density at radius 1 is 0.464 bits per heavy atom. The largest absolute Gasteiger partial charge is 0.0616 e. The van der Waals surface area contributed by atoms with Crippen molar-refractivity contribution >= 4 is 32.3 Å². The Balaban J connectivity index is 1.78. The molecule has 28 heavy (non-hydrogen) atoms. The second-order valence-corrected chi connectivity index (χ2v) is 8.00. The molecule has 0 radical (unpaired) electrons. The fourth-order valence-corrected chi connectivity index (χ4v) is 5.11. The molecule has 0 heterocycles. The first-order chi connectivity index (χ1) is 13.9. The smallest absolute Gasteiger partial charge is 0.00927 e. The lowest BCUT2D eigenvalue weighted by Crippen LogP contribution is -2.03. The maximum Gasteiger partial charge on any atom is -0.00927 e. The van der Waals surface area contributed by atoms with E-state index >= 15 is 0 Å². The van der Waals surface area contributed by atoms with Crippen molar-refractivity contribution in [1.29, 1.82) is 0 Å². The molecular formula is C28H22. The van der Waals surface area contributed by atoms with E-state index in [0.29, 0.717) is 0 Å². The van der Waals surface area contributed by atoms with E-state index in [-0.39, 0.29) is 0 Å². The van der Waals surface area contributed by atoms with Crippen molar-refractivity contribution in [1.82, 2.24) is 0 Å². The van der Waals surface area contributed by atoms with E-state index in [1.165, 1.54) is 69.1 Å². The fourth-order valence-electron chi connectivity index (χ4n) is 5.11. The van der Waals surface area contributed by atoms with Gasteiger partial charge in [-0.3, -0.25) is 0 Å². The van der Waals surface area contributed by atoms with E-state index < -0.39 is 0 Å². The highest BCUT2D eigenvalue weighted by Crippen LogP contribution is 2.40. The third-order valence-electron chi connectivity index (χ3n) is 6.45. The Hall–Kier alpha value is -3.12. The second kappa shape index (κ2) is 6.21. The predicted molar refractivity (Wildman–Crippen MR) is 121 cm³/mol. The van der Waals surface area contributed by atoms with Crippen molar-refractivity contribution in [2.75, 3.05) is 0 Å². The van der Waals surface area contributed by atoms with E-state index in [9.17, 15) is 0 Å². The third-order valence-corrected chi connectivity index (χ3v) is 6.45. The van der Waals surface area contributed by atoms with Gasteiger partial charge in [0.05, 0.1) is 0 Å². The first kappa shape index (κ1) is 15.9. The maximum atomic E-state index is 2.48. The molecule has 5 aromatic carbocycles. The normalized spacial score (nSPS) is 13.9. The highest BCUT2D eigenvalue weighted by Gasteiger charge is 2.16. The van der Waals surface area contributed by atoms with Crippen LogP contribution < -0.4 is 0 Å². The van der Waals surface area contributed by atoms with Crippen LogP contribution in [0.1, 0.15) is 24.0 Å². The van der Waals surface area contributed by atoms with Crippen molar-refractivity contribution in [3.05, 3.63) is 96.1 Å². The van der Waals surface area contributed by atoms with Gasteiger partial charge in [-0.25, -0.2) is 0 Å². The molecule has 1 aliphatic rings. The molecule has 1 aliphatic carbocycles. The van der Waals surface area contributed by atoms with Gasteiger partial charge in [-0.15, -0.1) is 0 Å². The van der Waals surface area contributed by atoms with Gasteiger partial charge in [0.1, 0.15) is 0 Å². The van der Waals surface area contributed by atoms with Crippen LogP contribution in [0.25, 0.3) is 43.4 Å². The minimum atomic E-state index is 1.21. The van der Waals surface area contributed by atoms with Gasteiger partial charge in [-0.2, -0.15) is 0 Å². The summed E-state index contributed by atoms with van der Waals surface area (Å²) in [6.07, 6.45) is 5.06. The van der Waals surface area contributed by atoms with Crippen LogP contribution in [0.2, 0.25) is 0 Å². The van der Waals surface area contributed by atoms with Gasteiger partial charge in [0.25, 0.3) is 0 Å². The number of hydrogen-bond acceptors (Lipinski definition) is 0. The Kier molecular flexibility index (Phi) is 3.52. The molecule has 0 fully saturated rings. The van der Waals surface area contributed by atoms with Crippen molar-refractivity contribution < 1.29 is 0 Å². The van der Waals surface area contributed by atoms with Gasteiger partial charge in [0.2, 0.25) is 0 Å². The number of aryl methyl sites for hydroxylation is 2. The first-order valence-electron chi connectivity index (χ1n) is 10.3. The minimum absolute atomic E-state index is 1.21. The van der Waals surface area contributed by atoms with Gasteiger partial charge in [-0.1, -0.05) is 78.9 Å². The number of hydrogen-bond donors (Lipinski definition) is 0. The molecule has 134 valence electrons.